The maximum Gasteiger partial charge on any atom is 0.141 e. The molecule has 3 N–H and O–H groups in total. The Labute approximate surface area is 126 Å². The third-order valence-corrected chi connectivity index (χ3v) is 3.53. The number of rotatable bonds is 2. The van der Waals surface area contributed by atoms with Crippen molar-refractivity contribution in [2.75, 3.05) is 11.1 Å². The lowest BCUT2D eigenvalue weighted by Gasteiger charge is -2.09. The average molecular weight is 287 g/mol. The minimum atomic E-state index is 0.688. The van der Waals surface area contributed by atoms with Gasteiger partial charge in [0.1, 0.15) is 12.1 Å². The molecule has 0 fully saturated rings. The Morgan fingerprint density at radius 2 is 1.77 bits per heavy atom. The van der Waals surface area contributed by atoms with Gasteiger partial charge in [-0.1, -0.05) is 6.07 Å². The van der Waals surface area contributed by atoms with E-state index in [-0.39, 0.29) is 0 Å². The number of hydrogen-bond acceptors (Lipinski definition) is 5. The first-order chi connectivity index (χ1) is 10.8. The van der Waals surface area contributed by atoms with Gasteiger partial charge in [0.2, 0.25) is 0 Å². The van der Waals surface area contributed by atoms with Crippen molar-refractivity contribution in [1.82, 2.24) is 15.0 Å². The fourth-order valence-electron chi connectivity index (χ4n) is 2.46. The predicted molar refractivity (Wildman–Crippen MR) is 89.0 cm³/mol. The van der Waals surface area contributed by atoms with Gasteiger partial charge in [-0.2, -0.15) is 0 Å². The monoisotopic (exact) mass is 287 g/mol. The third kappa shape index (κ3) is 2.18. The van der Waals surface area contributed by atoms with Gasteiger partial charge >= 0.3 is 0 Å². The number of fused-ring (bicyclic) bond motifs is 2. The van der Waals surface area contributed by atoms with Crippen LogP contribution in [0, 0.1) is 0 Å². The maximum absolute atomic E-state index is 5.87. The SMILES string of the molecule is Nc1ccc2ncnc(Nc3ccc4ncccc4c3)c2c1. The smallest absolute Gasteiger partial charge is 0.141 e. The lowest BCUT2D eigenvalue weighted by molar-refractivity contribution is 1.22. The molecule has 2 aromatic heterocycles. The minimum Gasteiger partial charge on any atom is -0.399 e. The number of pyridine rings is 1. The minimum absolute atomic E-state index is 0.688. The maximum atomic E-state index is 5.87. The average Bonchev–Trinajstić information content (AvgIpc) is 2.55. The van der Waals surface area contributed by atoms with E-state index < -0.39 is 0 Å². The van der Waals surface area contributed by atoms with Gasteiger partial charge in [-0.25, -0.2) is 9.97 Å². The zero-order valence-electron chi connectivity index (χ0n) is 11.7. The van der Waals surface area contributed by atoms with Crippen LogP contribution in [0.3, 0.4) is 0 Å². The van der Waals surface area contributed by atoms with Crippen molar-refractivity contribution < 1.29 is 0 Å². The number of nitrogen functional groups attached to an aromatic ring is 1. The van der Waals surface area contributed by atoms with Crippen molar-refractivity contribution in [1.29, 1.82) is 0 Å². The molecule has 0 aliphatic rings. The molecular weight excluding hydrogens is 274 g/mol. The Morgan fingerprint density at radius 1 is 0.864 bits per heavy atom. The summed E-state index contributed by atoms with van der Waals surface area (Å²) < 4.78 is 0. The van der Waals surface area contributed by atoms with Crippen LogP contribution in [0.2, 0.25) is 0 Å². The highest BCUT2D eigenvalue weighted by atomic mass is 15.0. The summed E-state index contributed by atoms with van der Waals surface area (Å²) in [4.78, 5) is 12.9. The molecule has 106 valence electrons. The van der Waals surface area contributed by atoms with E-state index in [0.717, 1.165) is 33.3 Å². The van der Waals surface area contributed by atoms with Gasteiger partial charge in [-0.05, 0) is 42.5 Å². The number of aromatic nitrogens is 3. The van der Waals surface area contributed by atoms with Gasteiger partial charge in [-0.15, -0.1) is 0 Å². The topological polar surface area (TPSA) is 76.7 Å². The quantitative estimate of drug-likeness (QED) is 0.552. The number of hydrogen-bond donors (Lipinski definition) is 2. The number of benzene rings is 2. The third-order valence-electron chi connectivity index (χ3n) is 3.53. The molecule has 5 heteroatoms. The highest BCUT2D eigenvalue weighted by Gasteiger charge is 2.05. The van der Waals surface area contributed by atoms with E-state index in [9.17, 15) is 0 Å². The van der Waals surface area contributed by atoms with Crippen molar-refractivity contribution in [3.63, 3.8) is 0 Å². The molecular formula is C17H13N5. The molecule has 0 unspecified atom stereocenters. The molecule has 2 heterocycles. The van der Waals surface area contributed by atoms with Crippen LogP contribution in [0.15, 0.2) is 61.1 Å². The molecule has 0 aliphatic heterocycles. The molecule has 0 saturated heterocycles. The lowest BCUT2D eigenvalue weighted by Crippen LogP contribution is -1.97. The van der Waals surface area contributed by atoms with Gasteiger partial charge in [0, 0.05) is 28.3 Å². The molecule has 0 atom stereocenters. The zero-order valence-corrected chi connectivity index (χ0v) is 11.7. The van der Waals surface area contributed by atoms with Gasteiger partial charge in [-0.3, -0.25) is 4.98 Å². The van der Waals surface area contributed by atoms with Crippen LogP contribution < -0.4 is 11.1 Å². The number of nitrogens with zero attached hydrogens (tertiary/aromatic N) is 3. The molecule has 0 aliphatic carbocycles. The molecule has 0 amide bonds. The Kier molecular flexibility index (Phi) is 2.83. The van der Waals surface area contributed by atoms with Crippen LogP contribution >= 0.6 is 0 Å². The van der Waals surface area contributed by atoms with Gasteiger partial charge < -0.3 is 11.1 Å². The van der Waals surface area contributed by atoms with E-state index in [4.69, 9.17) is 5.73 Å². The van der Waals surface area contributed by atoms with E-state index in [0.29, 0.717) is 5.69 Å². The Bertz CT molecular complexity index is 981. The second-order valence-electron chi connectivity index (χ2n) is 5.03. The molecule has 5 nitrogen and oxygen atoms in total. The summed E-state index contributed by atoms with van der Waals surface area (Å²) in [6.07, 6.45) is 3.33. The highest BCUT2D eigenvalue weighted by molar-refractivity contribution is 5.93. The second kappa shape index (κ2) is 4.96. The summed E-state index contributed by atoms with van der Waals surface area (Å²) in [6, 6.07) is 15.6. The van der Waals surface area contributed by atoms with Crippen LogP contribution in [0.25, 0.3) is 21.8 Å². The van der Waals surface area contributed by atoms with Crippen LogP contribution in [-0.4, -0.2) is 15.0 Å². The fraction of sp³-hybridized carbons (Fsp3) is 0. The van der Waals surface area contributed by atoms with E-state index in [2.05, 4.69) is 20.3 Å². The number of nitrogens with one attached hydrogen (secondary N) is 1. The Hall–Kier alpha value is -3.21. The van der Waals surface area contributed by atoms with E-state index in [1.165, 1.54) is 0 Å². The predicted octanol–water partition coefficient (Wildman–Crippen LogP) is 3.50. The number of anilines is 3. The van der Waals surface area contributed by atoms with E-state index in [1.54, 1.807) is 12.5 Å². The zero-order chi connectivity index (χ0) is 14.9. The van der Waals surface area contributed by atoms with Crippen molar-refractivity contribution in [2.45, 2.75) is 0 Å². The summed E-state index contributed by atoms with van der Waals surface area (Å²) in [5.74, 6) is 0.737. The van der Waals surface area contributed by atoms with Gasteiger partial charge in [0.25, 0.3) is 0 Å². The summed E-state index contributed by atoms with van der Waals surface area (Å²) >= 11 is 0. The molecule has 4 rings (SSSR count). The van der Waals surface area contributed by atoms with Crippen molar-refractivity contribution in [2.24, 2.45) is 0 Å². The van der Waals surface area contributed by atoms with Crippen molar-refractivity contribution in [3.8, 4) is 0 Å². The van der Waals surface area contributed by atoms with Crippen LogP contribution in [0.4, 0.5) is 17.2 Å². The largest absolute Gasteiger partial charge is 0.399 e. The molecule has 0 spiro atoms. The lowest BCUT2D eigenvalue weighted by atomic mass is 10.2. The summed E-state index contributed by atoms with van der Waals surface area (Å²) in [7, 11) is 0. The summed E-state index contributed by atoms with van der Waals surface area (Å²) in [5.41, 5.74) is 9.32. The summed E-state index contributed by atoms with van der Waals surface area (Å²) in [5, 5.41) is 5.30. The van der Waals surface area contributed by atoms with Crippen molar-refractivity contribution >= 4 is 39.0 Å². The van der Waals surface area contributed by atoms with Crippen LogP contribution in [-0.2, 0) is 0 Å². The fourth-order valence-corrected chi connectivity index (χ4v) is 2.46. The molecule has 22 heavy (non-hydrogen) atoms. The summed E-state index contributed by atoms with van der Waals surface area (Å²) in [6.45, 7) is 0. The second-order valence-corrected chi connectivity index (χ2v) is 5.03. The van der Waals surface area contributed by atoms with Crippen LogP contribution in [0.1, 0.15) is 0 Å². The van der Waals surface area contributed by atoms with E-state index in [1.807, 2.05) is 48.5 Å². The molecule has 0 bridgehead atoms. The highest BCUT2D eigenvalue weighted by Crippen LogP contribution is 2.26. The Morgan fingerprint density at radius 3 is 2.73 bits per heavy atom. The Balaban J connectivity index is 1.80. The molecule has 4 aromatic rings. The number of nitrogens with two attached hydrogens (primary N) is 1. The van der Waals surface area contributed by atoms with Crippen molar-refractivity contribution in [3.05, 3.63) is 61.1 Å². The van der Waals surface area contributed by atoms with Gasteiger partial charge in [0.05, 0.1) is 11.0 Å². The van der Waals surface area contributed by atoms with Crippen LogP contribution in [0.5, 0.6) is 0 Å². The first-order valence-electron chi connectivity index (χ1n) is 6.92. The molecule has 2 aromatic carbocycles. The van der Waals surface area contributed by atoms with E-state index >= 15 is 0 Å². The normalized spacial score (nSPS) is 10.9. The first kappa shape index (κ1) is 12.5. The first-order valence-corrected chi connectivity index (χ1v) is 6.92. The standard InChI is InChI=1S/C17H13N5/c18-12-3-5-16-14(9-12)17(21-10-20-16)22-13-4-6-15-11(8-13)2-1-7-19-15/h1-10H,18H2,(H,20,21,22). The van der Waals surface area contributed by atoms with Gasteiger partial charge in [0.15, 0.2) is 0 Å². The molecule has 0 saturated carbocycles. The molecule has 0 radical (unpaired) electrons.